The van der Waals surface area contributed by atoms with Crippen LogP contribution in [0.5, 0.6) is 0 Å². The standard InChI is InChI=1S/C17H13ClN2O/c18-14-7-8-15(19)16(10-14)20-17(21)13-6-5-11-3-1-2-4-12(11)9-13/h1-10H,19H2,(H,20,21). The van der Waals surface area contributed by atoms with Crippen LogP contribution in [0.15, 0.2) is 60.7 Å². The first kappa shape index (κ1) is 13.5. The molecule has 0 radical (unpaired) electrons. The molecule has 0 aliphatic rings. The lowest BCUT2D eigenvalue weighted by atomic mass is 10.1. The minimum Gasteiger partial charge on any atom is -0.397 e. The third-order valence-electron chi connectivity index (χ3n) is 3.28. The number of hydrogen-bond donors (Lipinski definition) is 2. The number of amides is 1. The van der Waals surface area contributed by atoms with Gasteiger partial charge in [0.2, 0.25) is 0 Å². The highest BCUT2D eigenvalue weighted by atomic mass is 35.5. The molecule has 4 heteroatoms. The number of hydrogen-bond acceptors (Lipinski definition) is 2. The predicted molar refractivity (Wildman–Crippen MR) is 87.8 cm³/mol. The van der Waals surface area contributed by atoms with Gasteiger partial charge < -0.3 is 11.1 Å². The van der Waals surface area contributed by atoms with E-state index in [0.717, 1.165) is 10.8 Å². The Morgan fingerprint density at radius 3 is 2.52 bits per heavy atom. The molecule has 0 spiro atoms. The van der Waals surface area contributed by atoms with Crippen molar-refractivity contribution in [3.63, 3.8) is 0 Å². The number of carbonyl (C=O) groups is 1. The van der Waals surface area contributed by atoms with E-state index in [-0.39, 0.29) is 5.91 Å². The van der Waals surface area contributed by atoms with Gasteiger partial charge in [0, 0.05) is 10.6 Å². The molecule has 3 aromatic carbocycles. The molecule has 0 fully saturated rings. The molecule has 3 nitrogen and oxygen atoms in total. The van der Waals surface area contributed by atoms with Gasteiger partial charge in [-0.15, -0.1) is 0 Å². The number of halogens is 1. The maximum absolute atomic E-state index is 12.3. The van der Waals surface area contributed by atoms with Crippen molar-refractivity contribution in [3.8, 4) is 0 Å². The first-order valence-corrected chi connectivity index (χ1v) is 6.86. The lowest BCUT2D eigenvalue weighted by Crippen LogP contribution is -2.13. The van der Waals surface area contributed by atoms with E-state index in [0.29, 0.717) is 22.0 Å². The maximum atomic E-state index is 12.3. The Labute approximate surface area is 127 Å². The fourth-order valence-electron chi connectivity index (χ4n) is 2.16. The van der Waals surface area contributed by atoms with Crippen molar-refractivity contribution in [2.75, 3.05) is 11.1 Å². The summed E-state index contributed by atoms with van der Waals surface area (Å²) in [4.78, 5) is 12.3. The van der Waals surface area contributed by atoms with Gasteiger partial charge in [-0.3, -0.25) is 4.79 Å². The van der Waals surface area contributed by atoms with E-state index in [4.69, 9.17) is 17.3 Å². The second kappa shape index (κ2) is 5.46. The van der Waals surface area contributed by atoms with Gasteiger partial charge in [-0.1, -0.05) is 41.9 Å². The Hall–Kier alpha value is -2.52. The van der Waals surface area contributed by atoms with Crippen LogP contribution >= 0.6 is 11.6 Å². The van der Waals surface area contributed by atoms with Crippen LogP contribution in [0.3, 0.4) is 0 Å². The van der Waals surface area contributed by atoms with Gasteiger partial charge in [-0.05, 0) is 41.1 Å². The largest absolute Gasteiger partial charge is 0.397 e. The highest BCUT2D eigenvalue weighted by Gasteiger charge is 2.09. The number of nitrogens with two attached hydrogens (primary N) is 1. The number of anilines is 2. The number of carbonyl (C=O) groups excluding carboxylic acids is 1. The average molecular weight is 297 g/mol. The number of fused-ring (bicyclic) bond motifs is 1. The van der Waals surface area contributed by atoms with E-state index in [9.17, 15) is 4.79 Å². The van der Waals surface area contributed by atoms with E-state index in [2.05, 4.69) is 5.32 Å². The molecular weight excluding hydrogens is 284 g/mol. The molecule has 0 aliphatic heterocycles. The Bertz CT molecular complexity index is 830. The van der Waals surface area contributed by atoms with Gasteiger partial charge in [0.25, 0.3) is 5.91 Å². The SMILES string of the molecule is Nc1ccc(Cl)cc1NC(=O)c1ccc2ccccc2c1. The minimum absolute atomic E-state index is 0.213. The zero-order valence-corrected chi connectivity index (χ0v) is 11.9. The topological polar surface area (TPSA) is 55.1 Å². The fraction of sp³-hybridized carbons (Fsp3) is 0. The lowest BCUT2D eigenvalue weighted by Gasteiger charge is -2.09. The molecule has 0 aromatic heterocycles. The van der Waals surface area contributed by atoms with E-state index >= 15 is 0 Å². The minimum atomic E-state index is -0.213. The summed E-state index contributed by atoms with van der Waals surface area (Å²) in [5.74, 6) is -0.213. The van der Waals surface area contributed by atoms with Crippen LogP contribution in [0.2, 0.25) is 5.02 Å². The van der Waals surface area contributed by atoms with Crippen molar-refractivity contribution in [1.29, 1.82) is 0 Å². The molecule has 0 heterocycles. The molecule has 0 bridgehead atoms. The first-order chi connectivity index (χ1) is 10.1. The van der Waals surface area contributed by atoms with Crippen LogP contribution in [-0.4, -0.2) is 5.91 Å². The van der Waals surface area contributed by atoms with E-state index in [1.54, 1.807) is 24.3 Å². The van der Waals surface area contributed by atoms with Gasteiger partial charge >= 0.3 is 0 Å². The highest BCUT2D eigenvalue weighted by Crippen LogP contribution is 2.24. The van der Waals surface area contributed by atoms with Crippen molar-refractivity contribution in [2.45, 2.75) is 0 Å². The molecule has 1 amide bonds. The Kier molecular flexibility index (Phi) is 3.50. The summed E-state index contributed by atoms with van der Waals surface area (Å²) >= 11 is 5.92. The van der Waals surface area contributed by atoms with Crippen LogP contribution in [0, 0.1) is 0 Å². The summed E-state index contributed by atoms with van der Waals surface area (Å²) in [6.07, 6.45) is 0. The second-order valence-electron chi connectivity index (χ2n) is 4.75. The third-order valence-corrected chi connectivity index (χ3v) is 3.51. The van der Waals surface area contributed by atoms with E-state index in [1.165, 1.54) is 0 Å². The summed E-state index contributed by atoms with van der Waals surface area (Å²) in [7, 11) is 0. The zero-order chi connectivity index (χ0) is 14.8. The lowest BCUT2D eigenvalue weighted by molar-refractivity contribution is 0.102. The smallest absolute Gasteiger partial charge is 0.255 e. The van der Waals surface area contributed by atoms with Crippen molar-refractivity contribution >= 4 is 39.7 Å². The summed E-state index contributed by atoms with van der Waals surface area (Å²) in [5.41, 5.74) is 7.40. The van der Waals surface area contributed by atoms with Crippen LogP contribution in [-0.2, 0) is 0 Å². The van der Waals surface area contributed by atoms with Crippen molar-refractivity contribution < 1.29 is 4.79 Å². The molecule has 0 saturated heterocycles. The van der Waals surface area contributed by atoms with Gasteiger partial charge in [-0.2, -0.15) is 0 Å². The fourth-order valence-corrected chi connectivity index (χ4v) is 2.33. The molecule has 21 heavy (non-hydrogen) atoms. The Morgan fingerprint density at radius 1 is 0.952 bits per heavy atom. The highest BCUT2D eigenvalue weighted by molar-refractivity contribution is 6.31. The number of nitrogens with one attached hydrogen (secondary N) is 1. The maximum Gasteiger partial charge on any atom is 0.255 e. The number of rotatable bonds is 2. The quantitative estimate of drug-likeness (QED) is 0.692. The first-order valence-electron chi connectivity index (χ1n) is 6.49. The van der Waals surface area contributed by atoms with Gasteiger partial charge in [0.1, 0.15) is 0 Å². The molecule has 0 aliphatic carbocycles. The van der Waals surface area contributed by atoms with Gasteiger partial charge in [0.05, 0.1) is 11.4 Å². The zero-order valence-electron chi connectivity index (χ0n) is 11.1. The van der Waals surface area contributed by atoms with E-state index in [1.807, 2.05) is 36.4 Å². The van der Waals surface area contributed by atoms with Gasteiger partial charge in [0.15, 0.2) is 0 Å². The van der Waals surface area contributed by atoms with Crippen molar-refractivity contribution in [3.05, 3.63) is 71.2 Å². The van der Waals surface area contributed by atoms with Crippen LogP contribution in [0.1, 0.15) is 10.4 Å². The third kappa shape index (κ3) is 2.83. The molecule has 3 rings (SSSR count). The van der Waals surface area contributed by atoms with E-state index < -0.39 is 0 Å². The average Bonchev–Trinajstić information content (AvgIpc) is 2.50. The van der Waals surface area contributed by atoms with Crippen molar-refractivity contribution in [1.82, 2.24) is 0 Å². The Morgan fingerprint density at radius 2 is 1.71 bits per heavy atom. The molecule has 0 unspecified atom stereocenters. The van der Waals surface area contributed by atoms with Crippen LogP contribution < -0.4 is 11.1 Å². The van der Waals surface area contributed by atoms with Crippen LogP contribution in [0.25, 0.3) is 10.8 Å². The molecule has 3 N–H and O–H groups in total. The Balaban J connectivity index is 1.91. The summed E-state index contributed by atoms with van der Waals surface area (Å²) in [5, 5.41) is 5.42. The number of benzene rings is 3. The molecule has 104 valence electrons. The monoisotopic (exact) mass is 296 g/mol. The summed E-state index contributed by atoms with van der Waals surface area (Å²) in [6, 6.07) is 18.4. The van der Waals surface area contributed by atoms with Crippen LogP contribution in [0.4, 0.5) is 11.4 Å². The number of nitrogen functional groups attached to an aromatic ring is 1. The molecule has 3 aromatic rings. The summed E-state index contributed by atoms with van der Waals surface area (Å²) in [6.45, 7) is 0. The molecular formula is C17H13ClN2O. The normalized spacial score (nSPS) is 10.5. The summed E-state index contributed by atoms with van der Waals surface area (Å²) < 4.78 is 0. The second-order valence-corrected chi connectivity index (χ2v) is 5.18. The predicted octanol–water partition coefficient (Wildman–Crippen LogP) is 4.33. The van der Waals surface area contributed by atoms with Gasteiger partial charge in [-0.25, -0.2) is 0 Å². The molecule has 0 atom stereocenters. The molecule has 0 saturated carbocycles. The van der Waals surface area contributed by atoms with Crippen molar-refractivity contribution in [2.24, 2.45) is 0 Å².